The van der Waals surface area contributed by atoms with E-state index in [0.717, 1.165) is 0 Å². The van der Waals surface area contributed by atoms with Crippen molar-refractivity contribution in [3.63, 3.8) is 0 Å². The molecule has 1 fully saturated rings. The molecule has 2 rings (SSSR count). The molecular formula is C13H16ClN3O2. The Balaban J connectivity index is 2.11. The van der Waals surface area contributed by atoms with Crippen molar-refractivity contribution in [3.05, 3.63) is 29.3 Å². The van der Waals surface area contributed by atoms with Gasteiger partial charge in [0.1, 0.15) is 6.04 Å². The normalized spacial score (nSPS) is 18.9. The predicted molar refractivity (Wildman–Crippen MR) is 74.3 cm³/mol. The van der Waals surface area contributed by atoms with Gasteiger partial charge in [-0.3, -0.25) is 4.79 Å². The molecule has 1 aliphatic heterocycles. The highest BCUT2D eigenvalue weighted by Gasteiger charge is 2.31. The van der Waals surface area contributed by atoms with Crippen LogP contribution in [-0.4, -0.2) is 36.0 Å². The minimum Gasteiger partial charge on any atom is -0.353 e. The largest absolute Gasteiger partial charge is 0.353 e. The Hall–Kier alpha value is -1.75. The molecule has 0 spiro atoms. The Morgan fingerprint density at radius 1 is 1.53 bits per heavy atom. The molecule has 2 N–H and O–H groups in total. The summed E-state index contributed by atoms with van der Waals surface area (Å²) in [6.07, 6.45) is 0.585. The van der Waals surface area contributed by atoms with Crippen molar-refractivity contribution < 1.29 is 9.59 Å². The fourth-order valence-electron chi connectivity index (χ4n) is 2.11. The van der Waals surface area contributed by atoms with Crippen LogP contribution in [0.25, 0.3) is 0 Å². The van der Waals surface area contributed by atoms with Gasteiger partial charge in [0.2, 0.25) is 5.91 Å². The van der Waals surface area contributed by atoms with Crippen molar-refractivity contribution in [2.24, 2.45) is 0 Å². The molecule has 0 radical (unpaired) electrons. The number of hydrogen-bond acceptors (Lipinski definition) is 2. The zero-order valence-corrected chi connectivity index (χ0v) is 11.4. The summed E-state index contributed by atoms with van der Waals surface area (Å²) in [7, 11) is 0. The van der Waals surface area contributed by atoms with Crippen LogP contribution >= 0.6 is 11.6 Å². The first-order valence-electron chi connectivity index (χ1n) is 6.23. The first kappa shape index (κ1) is 13.7. The molecule has 0 aliphatic carbocycles. The average molecular weight is 282 g/mol. The van der Waals surface area contributed by atoms with Crippen molar-refractivity contribution in [1.29, 1.82) is 0 Å². The molecule has 1 aliphatic rings. The maximum atomic E-state index is 12.2. The molecule has 0 aromatic heterocycles. The molecular weight excluding hydrogens is 266 g/mol. The summed E-state index contributed by atoms with van der Waals surface area (Å²) in [5.74, 6) is -0.108. The molecule has 19 heavy (non-hydrogen) atoms. The lowest BCUT2D eigenvalue weighted by atomic mass is 10.1. The lowest BCUT2D eigenvalue weighted by Crippen LogP contribution is -2.57. The van der Waals surface area contributed by atoms with Crippen molar-refractivity contribution in [1.82, 2.24) is 10.2 Å². The Morgan fingerprint density at radius 2 is 2.26 bits per heavy atom. The summed E-state index contributed by atoms with van der Waals surface area (Å²) < 4.78 is 0. The topological polar surface area (TPSA) is 61.4 Å². The van der Waals surface area contributed by atoms with E-state index in [4.69, 9.17) is 11.6 Å². The maximum Gasteiger partial charge on any atom is 0.322 e. The van der Waals surface area contributed by atoms with Gasteiger partial charge in [-0.1, -0.05) is 30.7 Å². The van der Waals surface area contributed by atoms with E-state index in [1.165, 1.54) is 0 Å². The number of nitrogens with one attached hydrogen (secondary N) is 2. The van der Waals surface area contributed by atoms with E-state index in [1.54, 1.807) is 29.2 Å². The van der Waals surface area contributed by atoms with E-state index in [9.17, 15) is 9.59 Å². The number of para-hydroxylation sites is 1. The molecule has 1 saturated heterocycles. The SMILES string of the molecule is CCC1C(=O)NCCN1C(=O)Nc1ccccc1Cl. The first-order chi connectivity index (χ1) is 9.13. The summed E-state index contributed by atoms with van der Waals surface area (Å²) in [5.41, 5.74) is 0.551. The fraction of sp³-hybridized carbons (Fsp3) is 0.385. The molecule has 5 nitrogen and oxygen atoms in total. The molecule has 0 bridgehead atoms. The van der Waals surface area contributed by atoms with Crippen LogP contribution in [0.2, 0.25) is 5.02 Å². The number of amides is 3. The zero-order valence-electron chi connectivity index (χ0n) is 10.6. The number of urea groups is 1. The van der Waals surface area contributed by atoms with Crippen LogP contribution in [0.4, 0.5) is 10.5 Å². The summed E-state index contributed by atoms with van der Waals surface area (Å²) in [5, 5.41) is 5.97. The van der Waals surface area contributed by atoms with Crippen LogP contribution in [0.5, 0.6) is 0 Å². The number of hydrogen-bond donors (Lipinski definition) is 2. The second-order valence-electron chi connectivity index (χ2n) is 4.32. The summed E-state index contributed by atoms with van der Waals surface area (Å²) in [4.78, 5) is 25.5. The Labute approximate surface area is 116 Å². The Kier molecular flexibility index (Phi) is 4.27. The van der Waals surface area contributed by atoms with E-state index in [1.807, 2.05) is 6.92 Å². The maximum absolute atomic E-state index is 12.2. The Morgan fingerprint density at radius 3 is 2.95 bits per heavy atom. The van der Waals surface area contributed by atoms with Crippen LogP contribution in [0.15, 0.2) is 24.3 Å². The molecule has 3 amide bonds. The summed E-state index contributed by atoms with van der Waals surface area (Å²) in [6, 6.07) is 6.30. The molecule has 1 unspecified atom stereocenters. The standard InChI is InChI=1S/C13H16ClN3O2/c1-2-11-12(18)15-7-8-17(11)13(19)16-10-6-4-3-5-9(10)14/h3-6,11H,2,7-8H2,1H3,(H,15,18)(H,16,19). The van der Waals surface area contributed by atoms with Crippen molar-refractivity contribution >= 4 is 29.2 Å². The third-order valence-electron chi connectivity index (χ3n) is 3.09. The van der Waals surface area contributed by atoms with Gasteiger partial charge in [-0.25, -0.2) is 4.79 Å². The third kappa shape index (κ3) is 2.98. The lowest BCUT2D eigenvalue weighted by Gasteiger charge is -2.34. The fourth-order valence-corrected chi connectivity index (χ4v) is 2.30. The van der Waals surface area contributed by atoms with E-state index >= 15 is 0 Å². The number of nitrogens with zero attached hydrogens (tertiary/aromatic N) is 1. The monoisotopic (exact) mass is 281 g/mol. The molecule has 0 saturated carbocycles. The zero-order chi connectivity index (χ0) is 13.8. The minimum atomic E-state index is -0.420. The summed E-state index contributed by atoms with van der Waals surface area (Å²) in [6.45, 7) is 2.86. The molecule has 1 heterocycles. The van der Waals surface area contributed by atoms with Crippen molar-refractivity contribution in [2.45, 2.75) is 19.4 Å². The van der Waals surface area contributed by atoms with E-state index in [-0.39, 0.29) is 11.9 Å². The van der Waals surface area contributed by atoms with Gasteiger partial charge in [0.05, 0.1) is 10.7 Å². The van der Waals surface area contributed by atoms with Crippen LogP contribution in [-0.2, 0) is 4.79 Å². The average Bonchev–Trinajstić information content (AvgIpc) is 2.41. The van der Waals surface area contributed by atoms with Crippen molar-refractivity contribution in [3.8, 4) is 0 Å². The van der Waals surface area contributed by atoms with Gasteiger partial charge in [-0.05, 0) is 18.6 Å². The summed E-state index contributed by atoms with van der Waals surface area (Å²) >= 11 is 5.99. The van der Waals surface area contributed by atoms with Gasteiger partial charge in [0.15, 0.2) is 0 Å². The third-order valence-corrected chi connectivity index (χ3v) is 3.42. The number of piperazine rings is 1. The number of carbonyl (C=O) groups is 2. The van der Waals surface area contributed by atoms with Crippen LogP contribution < -0.4 is 10.6 Å². The molecule has 102 valence electrons. The lowest BCUT2D eigenvalue weighted by molar-refractivity contribution is -0.127. The second kappa shape index (κ2) is 5.93. The van der Waals surface area contributed by atoms with E-state index < -0.39 is 6.04 Å². The van der Waals surface area contributed by atoms with Crippen LogP contribution in [0.3, 0.4) is 0 Å². The highest BCUT2D eigenvalue weighted by Crippen LogP contribution is 2.21. The van der Waals surface area contributed by atoms with Gasteiger partial charge < -0.3 is 15.5 Å². The van der Waals surface area contributed by atoms with Gasteiger partial charge in [0, 0.05) is 13.1 Å². The predicted octanol–water partition coefficient (Wildman–Crippen LogP) is 2.08. The van der Waals surface area contributed by atoms with Crippen molar-refractivity contribution in [2.75, 3.05) is 18.4 Å². The molecule has 1 aromatic carbocycles. The highest BCUT2D eigenvalue weighted by molar-refractivity contribution is 6.33. The van der Waals surface area contributed by atoms with E-state index in [2.05, 4.69) is 10.6 Å². The number of anilines is 1. The Bertz CT molecular complexity index is 493. The quantitative estimate of drug-likeness (QED) is 0.872. The highest BCUT2D eigenvalue weighted by atomic mass is 35.5. The first-order valence-corrected chi connectivity index (χ1v) is 6.61. The van der Waals surface area contributed by atoms with Crippen LogP contribution in [0, 0.1) is 0 Å². The number of halogens is 1. The van der Waals surface area contributed by atoms with E-state index in [0.29, 0.717) is 30.2 Å². The minimum absolute atomic E-state index is 0.108. The number of benzene rings is 1. The second-order valence-corrected chi connectivity index (χ2v) is 4.73. The smallest absolute Gasteiger partial charge is 0.322 e. The van der Waals surface area contributed by atoms with Crippen LogP contribution in [0.1, 0.15) is 13.3 Å². The molecule has 1 atom stereocenters. The number of rotatable bonds is 2. The number of carbonyl (C=O) groups excluding carboxylic acids is 2. The molecule has 1 aromatic rings. The molecule has 6 heteroatoms. The van der Waals surface area contributed by atoms with Gasteiger partial charge in [-0.15, -0.1) is 0 Å². The van der Waals surface area contributed by atoms with Gasteiger partial charge >= 0.3 is 6.03 Å². The van der Waals surface area contributed by atoms with Gasteiger partial charge in [0.25, 0.3) is 0 Å². The van der Waals surface area contributed by atoms with Gasteiger partial charge in [-0.2, -0.15) is 0 Å².